The second kappa shape index (κ2) is 8.06. The maximum Gasteiger partial charge on any atom is 0.261 e. The van der Waals surface area contributed by atoms with Crippen LogP contribution in [0.1, 0.15) is 25.8 Å². The van der Waals surface area contributed by atoms with E-state index in [9.17, 15) is 13.2 Å². The number of carbonyl (C=O) groups excluding carboxylic acids is 1. The predicted molar refractivity (Wildman–Crippen MR) is 124 cm³/mol. The molecule has 3 heterocycles. The molecule has 4 rings (SSSR count). The summed E-state index contributed by atoms with van der Waals surface area (Å²) in [6.07, 6.45) is 6.84. The first kappa shape index (κ1) is 22.0. The van der Waals surface area contributed by atoms with Gasteiger partial charge in [-0.1, -0.05) is 0 Å². The highest BCUT2D eigenvalue weighted by Crippen LogP contribution is 2.42. The summed E-state index contributed by atoms with van der Waals surface area (Å²) >= 11 is 0. The zero-order valence-corrected chi connectivity index (χ0v) is 18.7. The number of aliphatic imine (C=N–C) groups is 1. The first-order valence-electron chi connectivity index (χ1n) is 10.2. The molecule has 32 heavy (non-hydrogen) atoms. The third kappa shape index (κ3) is 4.39. The lowest BCUT2D eigenvalue weighted by Gasteiger charge is -2.23. The molecule has 0 aliphatic carbocycles. The Morgan fingerprint density at radius 2 is 2.22 bits per heavy atom. The summed E-state index contributed by atoms with van der Waals surface area (Å²) in [6, 6.07) is 3.69. The summed E-state index contributed by atoms with van der Waals surface area (Å²) in [5.74, 6) is 0.468. The molecule has 1 atom stereocenters. The van der Waals surface area contributed by atoms with Crippen molar-refractivity contribution in [3.8, 4) is 5.75 Å². The molecule has 1 unspecified atom stereocenters. The molecule has 170 valence electrons. The van der Waals surface area contributed by atoms with Crippen molar-refractivity contribution in [2.24, 2.45) is 10.1 Å². The average molecular weight is 459 g/mol. The summed E-state index contributed by atoms with van der Waals surface area (Å²) in [5, 5.41) is 18.1. The van der Waals surface area contributed by atoms with E-state index in [1.807, 2.05) is 30.9 Å². The lowest BCUT2D eigenvalue weighted by Crippen LogP contribution is -2.32. The maximum absolute atomic E-state index is 13.0. The molecular weight excluding hydrogens is 432 g/mol. The van der Waals surface area contributed by atoms with Crippen LogP contribution in [0, 0.1) is 5.41 Å². The fourth-order valence-electron chi connectivity index (χ4n) is 4.12. The molecular formula is C21H26N6O4S. The molecule has 1 fully saturated rings. The molecule has 5 N–H and O–H groups in total. The average Bonchev–Trinajstić information content (AvgIpc) is 3.32. The number of nitrogens with two attached hydrogens (primary N) is 1. The number of hydrogen-bond donors (Lipinski definition) is 4. The van der Waals surface area contributed by atoms with Crippen molar-refractivity contribution in [2.75, 3.05) is 23.3 Å². The van der Waals surface area contributed by atoms with Gasteiger partial charge in [-0.05, 0) is 32.4 Å². The fourth-order valence-corrected chi connectivity index (χ4v) is 4.94. The van der Waals surface area contributed by atoms with Crippen LogP contribution in [0.5, 0.6) is 5.75 Å². The predicted octanol–water partition coefficient (Wildman–Crippen LogP) is 1.25. The van der Waals surface area contributed by atoms with E-state index in [4.69, 9.17) is 15.3 Å². The Morgan fingerprint density at radius 1 is 1.44 bits per heavy atom. The molecule has 1 aromatic rings. The van der Waals surface area contributed by atoms with E-state index < -0.39 is 21.2 Å². The molecule has 0 aromatic heterocycles. The van der Waals surface area contributed by atoms with Crippen molar-refractivity contribution in [1.29, 1.82) is 5.41 Å². The highest BCUT2D eigenvalue weighted by Gasteiger charge is 2.35. The topological polar surface area (TPSA) is 150 Å². The summed E-state index contributed by atoms with van der Waals surface area (Å²) in [6.45, 7) is 4.66. The molecule has 11 heteroatoms. The van der Waals surface area contributed by atoms with Crippen molar-refractivity contribution in [2.45, 2.75) is 37.5 Å². The third-order valence-corrected chi connectivity index (χ3v) is 6.94. The Morgan fingerprint density at radius 3 is 2.84 bits per heavy atom. The van der Waals surface area contributed by atoms with E-state index in [2.05, 4.69) is 15.6 Å². The van der Waals surface area contributed by atoms with Gasteiger partial charge >= 0.3 is 0 Å². The molecule has 0 radical (unpaired) electrons. The lowest BCUT2D eigenvalue weighted by molar-refractivity contribution is -0.112. The van der Waals surface area contributed by atoms with Crippen LogP contribution in [-0.4, -0.2) is 50.7 Å². The number of nitrogens with one attached hydrogen (secondary N) is 3. The number of sulfonamides is 1. The summed E-state index contributed by atoms with van der Waals surface area (Å²) < 4.78 is 29.7. The maximum atomic E-state index is 13.0. The zero-order valence-electron chi connectivity index (χ0n) is 17.9. The van der Waals surface area contributed by atoms with Crippen LogP contribution in [0.4, 0.5) is 11.4 Å². The van der Waals surface area contributed by atoms with Gasteiger partial charge in [0.1, 0.15) is 17.2 Å². The molecule has 3 aliphatic heterocycles. The van der Waals surface area contributed by atoms with Gasteiger partial charge in [-0.3, -0.25) is 4.79 Å². The van der Waals surface area contributed by atoms with Gasteiger partial charge in [-0.15, -0.1) is 0 Å². The van der Waals surface area contributed by atoms with Gasteiger partial charge in [0.2, 0.25) is 10.0 Å². The van der Waals surface area contributed by atoms with Crippen molar-refractivity contribution < 1.29 is 17.9 Å². The number of hydrogen-bond acceptors (Lipinski definition) is 8. The molecule has 10 nitrogen and oxygen atoms in total. The molecule has 0 saturated carbocycles. The highest BCUT2D eigenvalue weighted by molar-refractivity contribution is 7.89. The van der Waals surface area contributed by atoms with Gasteiger partial charge in [0, 0.05) is 49.8 Å². The number of anilines is 2. The Balaban J connectivity index is 1.69. The largest absolute Gasteiger partial charge is 0.487 e. The van der Waals surface area contributed by atoms with Crippen LogP contribution in [0.2, 0.25) is 0 Å². The SMILES string of the molecule is CC1(C)Cc2cc(NC(=O)/C(C=N)=C3\N=CC=CN3)c(N3CCC(S(N)(=O)=O)C3)cc2O1. The Labute approximate surface area is 186 Å². The quantitative estimate of drug-likeness (QED) is 0.385. The van der Waals surface area contributed by atoms with Crippen LogP contribution >= 0.6 is 0 Å². The molecule has 1 saturated heterocycles. The van der Waals surface area contributed by atoms with E-state index in [0.717, 1.165) is 11.8 Å². The van der Waals surface area contributed by atoms with E-state index in [1.54, 1.807) is 12.3 Å². The van der Waals surface area contributed by atoms with Crippen LogP contribution in [0.3, 0.4) is 0 Å². The first-order valence-corrected chi connectivity index (χ1v) is 11.8. The number of nitrogens with zero attached hydrogens (tertiary/aromatic N) is 2. The number of rotatable bonds is 5. The van der Waals surface area contributed by atoms with Crippen molar-refractivity contribution in [3.63, 3.8) is 0 Å². The van der Waals surface area contributed by atoms with Gasteiger partial charge in [0.25, 0.3) is 5.91 Å². The molecule has 1 aromatic carbocycles. The normalized spacial score (nSPS) is 22.7. The van der Waals surface area contributed by atoms with Crippen LogP contribution in [0.15, 0.2) is 40.8 Å². The molecule has 3 aliphatic rings. The number of benzene rings is 1. The van der Waals surface area contributed by atoms with Crippen LogP contribution in [-0.2, 0) is 21.2 Å². The van der Waals surface area contributed by atoms with Gasteiger partial charge in [0.15, 0.2) is 0 Å². The third-order valence-electron chi connectivity index (χ3n) is 5.63. The number of primary sulfonamides is 1. The van der Waals surface area contributed by atoms with Crippen LogP contribution in [0.25, 0.3) is 0 Å². The molecule has 1 amide bonds. The van der Waals surface area contributed by atoms with E-state index in [-0.39, 0.29) is 23.5 Å². The standard InChI is InChI=1S/C21H26N6O4S/c1-21(2)10-13-8-16(26-20(28)15(11-22)19-24-5-3-6-25-19)17(9-18(13)31-21)27-7-4-14(12-27)32(23,29)30/h3,5-6,8-9,11,14,22,24H,4,7,10,12H2,1-2H3,(H,26,28)(H2,23,29,30)/b19-15-,22-11?. The fraction of sp³-hybridized carbons (Fsp3) is 0.381. The molecule has 0 spiro atoms. The number of carbonyl (C=O) groups is 1. The van der Waals surface area contributed by atoms with Gasteiger partial charge in [-0.2, -0.15) is 0 Å². The molecule has 0 bridgehead atoms. The highest BCUT2D eigenvalue weighted by atomic mass is 32.2. The smallest absolute Gasteiger partial charge is 0.261 e. The van der Waals surface area contributed by atoms with Crippen LogP contribution < -0.4 is 25.4 Å². The Hall–Kier alpha value is -3.18. The Kier molecular flexibility index (Phi) is 5.55. The summed E-state index contributed by atoms with van der Waals surface area (Å²) in [5.41, 5.74) is 1.79. The van der Waals surface area contributed by atoms with Gasteiger partial charge in [0.05, 0.1) is 22.2 Å². The van der Waals surface area contributed by atoms with E-state index in [1.165, 1.54) is 6.21 Å². The first-order chi connectivity index (χ1) is 15.1. The number of fused-ring (bicyclic) bond motifs is 1. The number of amides is 1. The second-order valence-corrected chi connectivity index (χ2v) is 10.4. The minimum atomic E-state index is -3.67. The zero-order chi connectivity index (χ0) is 23.1. The minimum absolute atomic E-state index is 0.0671. The van der Waals surface area contributed by atoms with E-state index >= 15 is 0 Å². The van der Waals surface area contributed by atoms with Crippen molar-refractivity contribution >= 4 is 39.7 Å². The van der Waals surface area contributed by atoms with Crippen molar-refractivity contribution in [3.05, 3.63) is 41.4 Å². The lowest BCUT2D eigenvalue weighted by atomic mass is 10.0. The number of allylic oxidation sites excluding steroid dienone is 1. The van der Waals surface area contributed by atoms with Crippen molar-refractivity contribution in [1.82, 2.24) is 5.32 Å². The Bertz CT molecular complexity index is 1170. The van der Waals surface area contributed by atoms with Gasteiger partial charge in [-0.25, -0.2) is 18.5 Å². The second-order valence-electron chi connectivity index (χ2n) is 8.60. The number of ether oxygens (including phenoxy) is 1. The summed E-state index contributed by atoms with van der Waals surface area (Å²) in [7, 11) is -3.67. The van der Waals surface area contributed by atoms with Gasteiger partial charge < -0.3 is 25.7 Å². The minimum Gasteiger partial charge on any atom is -0.487 e. The monoisotopic (exact) mass is 458 g/mol. The van der Waals surface area contributed by atoms with E-state index in [0.29, 0.717) is 36.5 Å². The summed E-state index contributed by atoms with van der Waals surface area (Å²) in [4.78, 5) is 19.0.